The molecule has 0 aliphatic carbocycles. The molecule has 0 aromatic heterocycles. The normalized spacial score (nSPS) is 10.6. The summed E-state index contributed by atoms with van der Waals surface area (Å²) < 4.78 is 5.47. The van der Waals surface area contributed by atoms with Gasteiger partial charge in [0.2, 0.25) is 5.91 Å². The summed E-state index contributed by atoms with van der Waals surface area (Å²) in [6, 6.07) is 8.30. The molecule has 0 aliphatic heterocycles. The van der Waals surface area contributed by atoms with Gasteiger partial charge in [0.25, 0.3) is 0 Å². The van der Waals surface area contributed by atoms with Gasteiger partial charge in [0.15, 0.2) is 0 Å². The lowest BCUT2D eigenvalue weighted by atomic mass is 10.1. The van der Waals surface area contributed by atoms with Crippen molar-refractivity contribution in [2.75, 3.05) is 27.2 Å². The number of carbonyl (C=O) groups is 1. The largest absolute Gasteiger partial charge is 0.377 e. The van der Waals surface area contributed by atoms with Crippen LogP contribution in [0.3, 0.4) is 0 Å². The van der Waals surface area contributed by atoms with E-state index < -0.39 is 0 Å². The SMILES string of the molecule is CCOCc1ccccc1CNCCCC(=O)N(C)C. The van der Waals surface area contributed by atoms with Crippen molar-refractivity contribution in [2.24, 2.45) is 0 Å². The van der Waals surface area contributed by atoms with Crippen LogP contribution in [0.1, 0.15) is 30.9 Å². The van der Waals surface area contributed by atoms with E-state index in [4.69, 9.17) is 4.74 Å². The average molecular weight is 278 g/mol. The van der Waals surface area contributed by atoms with Gasteiger partial charge in [0, 0.05) is 33.7 Å². The number of nitrogens with one attached hydrogen (secondary N) is 1. The lowest BCUT2D eigenvalue weighted by molar-refractivity contribution is -0.128. The maximum Gasteiger partial charge on any atom is 0.222 e. The highest BCUT2D eigenvalue weighted by molar-refractivity contribution is 5.75. The molecular weight excluding hydrogens is 252 g/mol. The maximum atomic E-state index is 11.4. The summed E-state index contributed by atoms with van der Waals surface area (Å²) in [6.45, 7) is 5.06. The molecular formula is C16H26N2O2. The van der Waals surface area contributed by atoms with Crippen LogP contribution in [0.25, 0.3) is 0 Å². The number of hydrogen-bond acceptors (Lipinski definition) is 3. The summed E-state index contributed by atoms with van der Waals surface area (Å²) >= 11 is 0. The van der Waals surface area contributed by atoms with Gasteiger partial charge in [-0.05, 0) is 31.0 Å². The van der Waals surface area contributed by atoms with Crippen LogP contribution in [-0.2, 0) is 22.7 Å². The first-order valence-corrected chi connectivity index (χ1v) is 7.20. The van der Waals surface area contributed by atoms with E-state index in [0.29, 0.717) is 13.0 Å². The van der Waals surface area contributed by atoms with E-state index in [1.165, 1.54) is 11.1 Å². The van der Waals surface area contributed by atoms with Crippen molar-refractivity contribution in [3.05, 3.63) is 35.4 Å². The van der Waals surface area contributed by atoms with E-state index in [1.807, 2.05) is 19.1 Å². The van der Waals surface area contributed by atoms with Crippen LogP contribution in [0.15, 0.2) is 24.3 Å². The molecule has 0 fully saturated rings. The molecule has 0 radical (unpaired) electrons. The van der Waals surface area contributed by atoms with Crippen LogP contribution in [0.5, 0.6) is 0 Å². The van der Waals surface area contributed by atoms with Gasteiger partial charge >= 0.3 is 0 Å². The second-order valence-electron chi connectivity index (χ2n) is 4.97. The molecule has 1 amide bonds. The van der Waals surface area contributed by atoms with Crippen molar-refractivity contribution in [2.45, 2.75) is 32.9 Å². The van der Waals surface area contributed by atoms with Gasteiger partial charge in [-0.15, -0.1) is 0 Å². The number of benzene rings is 1. The van der Waals surface area contributed by atoms with Crippen LogP contribution in [0.4, 0.5) is 0 Å². The van der Waals surface area contributed by atoms with Crippen molar-refractivity contribution in [1.82, 2.24) is 10.2 Å². The summed E-state index contributed by atoms with van der Waals surface area (Å²) in [5, 5.41) is 3.39. The van der Waals surface area contributed by atoms with E-state index in [9.17, 15) is 4.79 Å². The van der Waals surface area contributed by atoms with E-state index in [0.717, 1.165) is 26.1 Å². The molecule has 4 heteroatoms. The fourth-order valence-electron chi connectivity index (χ4n) is 1.89. The second-order valence-corrected chi connectivity index (χ2v) is 4.97. The molecule has 0 bridgehead atoms. The predicted octanol–water partition coefficient (Wildman–Crippen LogP) is 2.18. The van der Waals surface area contributed by atoms with Crippen LogP contribution in [0.2, 0.25) is 0 Å². The number of rotatable bonds is 9. The number of carbonyl (C=O) groups excluding carboxylic acids is 1. The van der Waals surface area contributed by atoms with E-state index in [2.05, 4.69) is 17.4 Å². The smallest absolute Gasteiger partial charge is 0.222 e. The molecule has 1 aromatic carbocycles. The Hall–Kier alpha value is -1.39. The minimum absolute atomic E-state index is 0.184. The third kappa shape index (κ3) is 6.17. The van der Waals surface area contributed by atoms with Crippen molar-refractivity contribution in [3.8, 4) is 0 Å². The molecule has 0 atom stereocenters. The molecule has 0 unspecified atom stereocenters. The van der Waals surface area contributed by atoms with Crippen molar-refractivity contribution in [1.29, 1.82) is 0 Å². The zero-order valence-electron chi connectivity index (χ0n) is 12.8. The second kappa shape index (κ2) is 9.50. The number of hydrogen-bond donors (Lipinski definition) is 1. The number of amides is 1. The van der Waals surface area contributed by atoms with Crippen molar-refractivity contribution < 1.29 is 9.53 Å². The Morgan fingerprint density at radius 1 is 1.25 bits per heavy atom. The monoisotopic (exact) mass is 278 g/mol. The predicted molar refractivity (Wildman–Crippen MR) is 81.4 cm³/mol. The fraction of sp³-hybridized carbons (Fsp3) is 0.562. The summed E-state index contributed by atoms with van der Waals surface area (Å²) in [4.78, 5) is 13.1. The molecule has 1 aromatic rings. The van der Waals surface area contributed by atoms with E-state index in [-0.39, 0.29) is 5.91 Å². The van der Waals surface area contributed by atoms with Crippen LogP contribution in [-0.4, -0.2) is 38.1 Å². The Morgan fingerprint density at radius 2 is 1.95 bits per heavy atom. The van der Waals surface area contributed by atoms with Gasteiger partial charge < -0.3 is 15.0 Å². The topological polar surface area (TPSA) is 41.6 Å². The highest BCUT2D eigenvalue weighted by atomic mass is 16.5. The quantitative estimate of drug-likeness (QED) is 0.704. The molecule has 1 N–H and O–H groups in total. The molecule has 20 heavy (non-hydrogen) atoms. The maximum absolute atomic E-state index is 11.4. The Bertz CT molecular complexity index is 405. The first-order valence-electron chi connectivity index (χ1n) is 7.20. The summed E-state index contributed by atoms with van der Waals surface area (Å²) in [7, 11) is 3.58. The van der Waals surface area contributed by atoms with Gasteiger partial charge in [-0.25, -0.2) is 0 Å². The van der Waals surface area contributed by atoms with Crippen molar-refractivity contribution >= 4 is 5.91 Å². The Labute approximate surface area is 122 Å². The minimum Gasteiger partial charge on any atom is -0.377 e. The summed E-state index contributed by atoms with van der Waals surface area (Å²) in [5.41, 5.74) is 2.49. The van der Waals surface area contributed by atoms with E-state index in [1.54, 1.807) is 19.0 Å². The molecule has 4 nitrogen and oxygen atoms in total. The molecule has 1 rings (SSSR count). The highest BCUT2D eigenvalue weighted by Gasteiger charge is 2.04. The number of nitrogens with zero attached hydrogens (tertiary/aromatic N) is 1. The molecule has 112 valence electrons. The van der Waals surface area contributed by atoms with Crippen LogP contribution < -0.4 is 5.32 Å². The summed E-state index contributed by atoms with van der Waals surface area (Å²) in [6.07, 6.45) is 1.46. The Kier molecular flexibility index (Phi) is 7.92. The average Bonchev–Trinajstić information content (AvgIpc) is 2.45. The lowest BCUT2D eigenvalue weighted by Crippen LogP contribution is -2.23. The molecule has 0 spiro atoms. The highest BCUT2D eigenvalue weighted by Crippen LogP contribution is 2.10. The van der Waals surface area contributed by atoms with Crippen molar-refractivity contribution in [3.63, 3.8) is 0 Å². The standard InChI is InChI=1S/C16H26N2O2/c1-4-20-13-15-9-6-5-8-14(15)12-17-11-7-10-16(19)18(2)3/h5-6,8-9,17H,4,7,10-13H2,1-3H3. The molecule has 0 saturated carbocycles. The molecule has 0 heterocycles. The van der Waals surface area contributed by atoms with Gasteiger partial charge in [0.1, 0.15) is 0 Å². The first kappa shape index (κ1) is 16.7. The van der Waals surface area contributed by atoms with E-state index >= 15 is 0 Å². The Morgan fingerprint density at radius 3 is 2.60 bits per heavy atom. The van der Waals surface area contributed by atoms with Gasteiger partial charge in [0.05, 0.1) is 6.61 Å². The fourth-order valence-corrected chi connectivity index (χ4v) is 1.89. The van der Waals surface area contributed by atoms with Crippen LogP contribution >= 0.6 is 0 Å². The third-order valence-corrected chi connectivity index (χ3v) is 3.14. The summed E-state index contributed by atoms with van der Waals surface area (Å²) in [5.74, 6) is 0.184. The molecule has 0 aliphatic rings. The van der Waals surface area contributed by atoms with Crippen LogP contribution in [0, 0.1) is 0 Å². The zero-order valence-corrected chi connectivity index (χ0v) is 12.8. The molecule has 0 saturated heterocycles. The Balaban J connectivity index is 2.29. The number of ether oxygens (including phenoxy) is 1. The van der Waals surface area contributed by atoms with Gasteiger partial charge in [-0.1, -0.05) is 24.3 Å². The first-order chi connectivity index (χ1) is 9.65. The zero-order chi connectivity index (χ0) is 14.8. The lowest BCUT2D eigenvalue weighted by Gasteiger charge is -2.12. The third-order valence-electron chi connectivity index (χ3n) is 3.14. The van der Waals surface area contributed by atoms with Gasteiger partial charge in [-0.3, -0.25) is 4.79 Å². The minimum atomic E-state index is 0.184. The van der Waals surface area contributed by atoms with Gasteiger partial charge in [-0.2, -0.15) is 0 Å².